The van der Waals surface area contributed by atoms with Crippen molar-refractivity contribution in [3.05, 3.63) is 27.7 Å². The van der Waals surface area contributed by atoms with Gasteiger partial charge in [0.25, 0.3) is 5.91 Å². The highest BCUT2D eigenvalue weighted by atomic mass is 35.5. The molecule has 1 aromatic rings. The zero-order chi connectivity index (χ0) is 14.9. The predicted octanol–water partition coefficient (Wildman–Crippen LogP) is 2.74. The molecule has 2 N–H and O–H groups in total. The van der Waals surface area contributed by atoms with E-state index in [1.54, 1.807) is 12.1 Å². The fourth-order valence-electron chi connectivity index (χ4n) is 2.54. The smallest absolute Gasteiger partial charge is 0.254 e. The summed E-state index contributed by atoms with van der Waals surface area (Å²) < 4.78 is 0. The highest BCUT2D eigenvalue weighted by Crippen LogP contribution is 2.29. The minimum Gasteiger partial charge on any atom is -0.396 e. The molecule has 1 amide bonds. The van der Waals surface area contributed by atoms with Crippen molar-refractivity contribution in [2.24, 2.45) is 0 Å². The first-order valence-corrected chi connectivity index (χ1v) is 7.47. The van der Waals surface area contributed by atoms with E-state index in [2.05, 4.69) is 18.7 Å². The molecule has 20 heavy (non-hydrogen) atoms. The second-order valence-electron chi connectivity index (χ2n) is 5.08. The zero-order valence-corrected chi connectivity index (χ0v) is 13.2. The first-order chi connectivity index (χ1) is 9.43. The molecule has 4 nitrogen and oxygen atoms in total. The Kier molecular flexibility index (Phi) is 4.78. The number of nitrogens with zero attached hydrogens (tertiary/aromatic N) is 2. The summed E-state index contributed by atoms with van der Waals surface area (Å²) in [5, 5.41) is 0.641. The molecule has 6 heteroatoms. The highest BCUT2D eigenvalue weighted by Gasteiger charge is 2.26. The number of anilines is 1. The second kappa shape index (κ2) is 6.20. The molecule has 1 aromatic carbocycles. The maximum atomic E-state index is 12.5. The lowest BCUT2D eigenvalue weighted by molar-refractivity contribution is 0.0528. The van der Waals surface area contributed by atoms with Gasteiger partial charge in [-0.05, 0) is 25.6 Å². The van der Waals surface area contributed by atoms with Gasteiger partial charge in [0.15, 0.2) is 0 Å². The number of nitrogens with two attached hydrogens (primary N) is 1. The number of nitrogen functional groups attached to an aromatic ring is 1. The monoisotopic (exact) mass is 315 g/mol. The fourth-order valence-corrected chi connectivity index (χ4v) is 3.03. The Morgan fingerprint density at radius 2 is 1.95 bits per heavy atom. The van der Waals surface area contributed by atoms with Crippen molar-refractivity contribution in [1.82, 2.24) is 9.80 Å². The third-order valence-corrected chi connectivity index (χ3v) is 4.41. The van der Waals surface area contributed by atoms with Crippen LogP contribution in [0.3, 0.4) is 0 Å². The number of hydrogen-bond donors (Lipinski definition) is 1. The Morgan fingerprint density at radius 3 is 2.45 bits per heavy atom. The Labute approximate surface area is 129 Å². The molecule has 0 bridgehead atoms. The van der Waals surface area contributed by atoms with Crippen molar-refractivity contribution in [3.8, 4) is 0 Å². The maximum Gasteiger partial charge on any atom is 0.254 e. The predicted molar refractivity (Wildman–Crippen MR) is 83.5 cm³/mol. The summed E-state index contributed by atoms with van der Waals surface area (Å²) in [6.07, 6.45) is 0. The molecule has 0 saturated carbocycles. The molecule has 0 aliphatic carbocycles. The van der Waals surface area contributed by atoms with Gasteiger partial charge in [-0.15, -0.1) is 0 Å². The SMILES string of the molecule is CCN1CCN(C(=O)c2cc(Cl)c(N)c(Cl)c2)CC1C. The zero-order valence-electron chi connectivity index (χ0n) is 11.7. The molecule has 110 valence electrons. The van der Waals surface area contributed by atoms with Crippen LogP contribution in [0.4, 0.5) is 5.69 Å². The molecule has 1 aliphatic heterocycles. The van der Waals surface area contributed by atoms with Gasteiger partial charge in [-0.25, -0.2) is 0 Å². The van der Waals surface area contributed by atoms with Crippen LogP contribution < -0.4 is 5.73 Å². The van der Waals surface area contributed by atoms with Crippen molar-refractivity contribution < 1.29 is 4.79 Å². The molecule has 1 unspecified atom stereocenters. The number of carbonyl (C=O) groups is 1. The molecule has 1 atom stereocenters. The molecule has 1 aliphatic rings. The van der Waals surface area contributed by atoms with Gasteiger partial charge in [0.2, 0.25) is 0 Å². The summed E-state index contributed by atoms with van der Waals surface area (Å²) in [5.74, 6) is -0.0450. The van der Waals surface area contributed by atoms with Crippen LogP contribution >= 0.6 is 23.2 Å². The molecule has 2 rings (SSSR count). The van der Waals surface area contributed by atoms with Crippen LogP contribution in [0.25, 0.3) is 0 Å². The van der Waals surface area contributed by atoms with Gasteiger partial charge in [-0.2, -0.15) is 0 Å². The van der Waals surface area contributed by atoms with Crippen molar-refractivity contribution in [2.45, 2.75) is 19.9 Å². The minimum atomic E-state index is -0.0450. The molecule has 1 heterocycles. The maximum absolute atomic E-state index is 12.5. The lowest BCUT2D eigenvalue weighted by atomic mass is 10.1. The van der Waals surface area contributed by atoms with Gasteiger partial charge in [0.1, 0.15) is 0 Å². The highest BCUT2D eigenvalue weighted by molar-refractivity contribution is 6.39. The number of piperazine rings is 1. The van der Waals surface area contributed by atoms with Gasteiger partial charge in [0.05, 0.1) is 15.7 Å². The first-order valence-electron chi connectivity index (χ1n) is 6.71. The lowest BCUT2D eigenvalue weighted by Gasteiger charge is -2.39. The van der Waals surface area contributed by atoms with E-state index in [9.17, 15) is 4.79 Å². The van der Waals surface area contributed by atoms with E-state index >= 15 is 0 Å². The van der Waals surface area contributed by atoms with Gasteiger partial charge in [0, 0.05) is 31.2 Å². The van der Waals surface area contributed by atoms with E-state index in [4.69, 9.17) is 28.9 Å². The third-order valence-electron chi connectivity index (χ3n) is 3.78. The van der Waals surface area contributed by atoms with Gasteiger partial charge < -0.3 is 10.6 Å². The fraction of sp³-hybridized carbons (Fsp3) is 0.500. The van der Waals surface area contributed by atoms with Crippen LogP contribution in [0.2, 0.25) is 10.0 Å². The summed E-state index contributed by atoms with van der Waals surface area (Å²) in [5.41, 5.74) is 6.50. The molecule has 1 fully saturated rings. The van der Waals surface area contributed by atoms with E-state index in [-0.39, 0.29) is 5.91 Å². The van der Waals surface area contributed by atoms with Crippen LogP contribution in [0.1, 0.15) is 24.2 Å². The van der Waals surface area contributed by atoms with Crippen LogP contribution in [-0.4, -0.2) is 47.9 Å². The number of carbonyl (C=O) groups excluding carboxylic acids is 1. The van der Waals surface area contributed by atoms with Crippen molar-refractivity contribution in [2.75, 3.05) is 31.9 Å². The summed E-state index contributed by atoms with van der Waals surface area (Å²) in [6, 6.07) is 3.53. The van der Waals surface area contributed by atoms with Gasteiger partial charge in [-0.3, -0.25) is 9.69 Å². The summed E-state index contributed by atoms with van der Waals surface area (Å²) in [6.45, 7) is 7.59. The average Bonchev–Trinajstić information content (AvgIpc) is 2.43. The number of halogens is 2. The molecule has 0 aromatic heterocycles. The normalized spacial score (nSPS) is 20.2. The second-order valence-corrected chi connectivity index (χ2v) is 5.90. The Bertz CT molecular complexity index is 498. The lowest BCUT2D eigenvalue weighted by Crippen LogP contribution is -2.53. The molecule has 1 saturated heterocycles. The number of rotatable bonds is 2. The Hall–Kier alpha value is -0.970. The number of hydrogen-bond acceptors (Lipinski definition) is 3. The molecular formula is C14H19Cl2N3O. The molecule has 0 radical (unpaired) electrons. The van der Waals surface area contributed by atoms with E-state index in [0.29, 0.717) is 33.9 Å². The van der Waals surface area contributed by atoms with E-state index < -0.39 is 0 Å². The standard InChI is InChI=1S/C14H19Cl2N3O/c1-3-18-4-5-19(8-9(18)2)14(20)10-6-11(15)13(17)12(16)7-10/h6-7,9H,3-5,8,17H2,1-2H3. The Balaban J connectivity index is 2.16. The van der Waals surface area contributed by atoms with E-state index in [1.165, 1.54) is 0 Å². The largest absolute Gasteiger partial charge is 0.396 e. The summed E-state index contributed by atoms with van der Waals surface area (Å²) in [7, 11) is 0. The Morgan fingerprint density at radius 1 is 1.35 bits per heavy atom. The molecular weight excluding hydrogens is 297 g/mol. The molecule has 0 spiro atoms. The van der Waals surface area contributed by atoms with Crippen LogP contribution in [0.15, 0.2) is 12.1 Å². The average molecular weight is 316 g/mol. The van der Waals surface area contributed by atoms with Gasteiger partial charge >= 0.3 is 0 Å². The van der Waals surface area contributed by atoms with Gasteiger partial charge in [-0.1, -0.05) is 30.1 Å². The third kappa shape index (κ3) is 3.03. The topological polar surface area (TPSA) is 49.6 Å². The van der Waals surface area contributed by atoms with Crippen LogP contribution in [0, 0.1) is 0 Å². The quantitative estimate of drug-likeness (QED) is 0.854. The minimum absolute atomic E-state index is 0.0450. The van der Waals surface area contributed by atoms with Crippen molar-refractivity contribution in [3.63, 3.8) is 0 Å². The van der Waals surface area contributed by atoms with E-state index in [1.807, 2.05) is 4.90 Å². The number of amides is 1. The summed E-state index contributed by atoms with van der Waals surface area (Å²) in [4.78, 5) is 16.7. The number of likely N-dealkylation sites (N-methyl/N-ethyl adjacent to an activating group) is 1. The summed E-state index contributed by atoms with van der Waals surface area (Å²) >= 11 is 12.0. The van der Waals surface area contributed by atoms with Crippen LogP contribution in [-0.2, 0) is 0 Å². The van der Waals surface area contributed by atoms with E-state index in [0.717, 1.165) is 19.6 Å². The van der Waals surface area contributed by atoms with Crippen molar-refractivity contribution in [1.29, 1.82) is 0 Å². The van der Waals surface area contributed by atoms with Crippen LogP contribution in [0.5, 0.6) is 0 Å². The van der Waals surface area contributed by atoms with Crippen molar-refractivity contribution >= 4 is 34.8 Å². The number of benzene rings is 1. The first kappa shape index (κ1) is 15.4.